The summed E-state index contributed by atoms with van der Waals surface area (Å²) < 4.78 is 25.8. The largest absolute Gasteiger partial charge is 0.320 e. The quantitative estimate of drug-likeness (QED) is 0.793. The third kappa shape index (κ3) is 4.38. The summed E-state index contributed by atoms with van der Waals surface area (Å²) in [5.74, 6) is -0.560. The first kappa shape index (κ1) is 12.1. The summed E-state index contributed by atoms with van der Waals surface area (Å²) >= 11 is 0. The number of hydrogen-bond acceptors (Lipinski definition) is 1. The van der Waals surface area contributed by atoms with Crippen molar-refractivity contribution in [2.24, 2.45) is 5.92 Å². The van der Waals surface area contributed by atoms with Crippen LogP contribution in [-0.2, 0) is 6.42 Å². The highest BCUT2D eigenvalue weighted by Gasteiger charge is 2.06. The highest BCUT2D eigenvalue weighted by Crippen LogP contribution is 2.14. The predicted molar refractivity (Wildman–Crippen MR) is 57.8 cm³/mol. The van der Waals surface area contributed by atoms with Gasteiger partial charge in [0.1, 0.15) is 11.6 Å². The standard InChI is InChI=1S/C12H17F2N/c1-9(3-4-15-2)5-10-6-11(13)8-12(14)7-10/h6-9,15H,3-5H2,1-2H3. The Hall–Kier alpha value is -0.960. The van der Waals surface area contributed by atoms with Crippen LogP contribution in [0.4, 0.5) is 8.78 Å². The van der Waals surface area contributed by atoms with Crippen molar-refractivity contribution in [3.8, 4) is 0 Å². The fourth-order valence-electron chi connectivity index (χ4n) is 1.62. The van der Waals surface area contributed by atoms with Crippen molar-refractivity contribution in [2.75, 3.05) is 13.6 Å². The van der Waals surface area contributed by atoms with Gasteiger partial charge in [-0.15, -0.1) is 0 Å². The van der Waals surface area contributed by atoms with E-state index in [1.54, 1.807) is 0 Å². The van der Waals surface area contributed by atoms with Crippen LogP contribution in [0.2, 0.25) is 0 Å². The summed E-state index contributed by atoms with van der Waals surface area (Å²) in [4.78, 5) is 0. The Morgan fingerprint density at radius 2 is 1.80 bits per heavy atom. The molecule has 1 aromatic rings. The minimum Gasteiger partial charge on any atom is -0.320 e. The molecular formula is C12H17F2N. The Bertz CT molecular complexity index is 292. The van der Waals surface area contributed by atoms with Crippen molar-refractivity contribution in [3.05, 3.63) is 35.4 Å². The van der Waals surface area contributed by atoms with Gasteiger partial charge in [0.2, 0.25) is 0 Å². The van der Waals surface area contributed by atoms with Gasteiger partial charge in [0.15, 0.2) is 0 Å². The minimum atomic E-state index is -0.495. The van der Waals surface area contributed by atoms with Crippen LogP contribution in [0.1, 0.15) is 18.9 Å². The van der Waals surface area contributed by atoms with E-state index in [1.807, 2.05) is 7.05 Å². The number of benzene rings is 1. The van der Waals surface area contributed by atoms with Crippen LogP contribution < -0.4 is 5.32 Å². The van der Waals surface area contributed by atoms with E-state index in [-0.39, 0.29) is 0 Å². The van der Waals surface area contributed by atoms with Crippen LogP contribution in [-0.4, -0.2) is 13.6 Å². The molecular weight excluding hydrogens is 196 g/mol. The van der Waals surface area contributed by atoms with Crippen LogP contribution in [0.5, 0.6) is 0 Å². The smallest absolute Gasteiger partial charge is 0.126 e. The average molecular weight is 213 g/mol. The molecule has 0 saturated carbocycles. The highest BCUT2D eigenvalue weighted by atomic mass is 19.1. The van der Waals surface area contributed by atoms with Gasteiger partial charge in [0, 0.05) is 6.07 Å². The molecule has 0 fully saturated rings. The number of nitrogens with one attached hydrogen (secondary N) is 1. The lowest BCUT2D eigenvalue weighted by molar-refractivity contribution is 0.509. The zero-order chi connectivity index (χ0) is 11.3. The van der Waals surface area contributed by atoms with E-state index in [0.717, 1.165) is 31.0 Å². The Kier molecular flexibility index (Phi) is 4.69. The molecule has 0 aliphatic heterocycles. The van der Waals surface area contributed by atoms with Crippen molar-refractivity contribution in [3.63, 3.8) is 0 Å². The molecule has 1 N–H and O–H groups in total. The zero-order valence-corrected chi connectivity index (χ0v) is 9.19. The second kappa shape index (κ2) is 5.81. The molecule has 0 spiro atoms. The van der Waals surface area contributed by atoms with Gasteiger partial charge < -0.3 is 5.32 Å². The van der Waals surface area contributed by atoms with Crippen LogP contribution >= 0.6 is 0 Å². The van der Waals surface area contributed by atoms with Gasteiger partial charge in [-0.1, -0.05) is 6.92 Å². The first-order valence-electron chi connectivity index (χ1n) is 5.21. The van der Waals surface area contributed by atoms with Gasteiger partial charge in [0.05, 0.1) is 0 Å². The summed E-state index contributed by atoms with van der Waals surface area (Å²) in [6.07, 6.45) is 1.73. The normalized spacial score (nSPS) is 12.8. The van der Waals surface area contributed by atoms with Crippen LogP contribution in [0.25, 0.3) is 0 Å². The Labute approximate surface area is 89.5 Å². The number of rotatable bonds is 5. The molecule has 1 rings (SSSR count). The molecule has 0 aliphatic rings. The second-order valence-corrected chi connectivity index (χ2v) is 3.98. The molecule has 1 aromatic carbocycles. The van der Waals surface area contributed by atoms with E-state index in [2.05, 4.69) is 12.2 Å². The monoisotopic (exact) mass is 213 g/mol. The maximum absolute atomic E-state index is 12.9. The zero-order valence-electron chi connectivity index (χ0n) is 9.19. The van der Waals surface area contributed by atoms with Crippen LogP contribution in [0, 0.1) is 17.6 Å². The molecule has 1 unspecified atom stereocenters. The van der Waals surface area contributed by atoms with Gasteiger partial charge >= 0.3 is 0 Å². The summed E-state index contributed by atoms with van der Waals surface area (Å²) in [7, 11) is 1.90. The van der Waals surface area contributed by atoms with Crippen LogP contribution in [0.3, 0.4) is 0 Å². The van der Waals surface area contributed by atoms with Gasteiger partial charge in [-0.05, 0) is 50.0 Å². The van der Waals surface area contributed by atoms with Gasteiger partial charge in [-0.25, -0.2) is 8.78 Å². The fraction of sp³-hybridized carbons (Fsp3) is 0.500. The summed E-state index contributed by atoms with van der Waals surface area (Å²) in [5, 5.41) is 3.06. The molecule has 1 atom stereocenters. The predicted octanol–water partition coefficient (Wildman–Crippen LogP) is 2.75. The lowest BCUT2D eigenvalue weighted by Gasteiger charge is -2.11. The lowest BCUT2D eigenvalue weighted by Crippen LogP contribution is -2.13. The topological polar surface area (TPSA) is 12.0 Å². The molecule has 0 amide bonds. The van der Waals surface area contributed by atoms with Crippen molar-refractivity contribution >= 4 is 0 Å². The maximum Gasteiger partial charge on any atom is 0.126 e. The SMILES string of the molecule is CNCCC(C)Cc1cc(F)cc(F)c1. The molecule has 0 bridgehead atoms. The van der Waals surface area contributed by atoms with Crippen molar-refractivity contribution in [1.29, 1.82) is 0 Å². The van der Waals surface area contributed by atoms with Crippen molar-refractivity contribution < 1.29 is 8.78 Å². The summed E-state index contributed by atoms with van der Waals surface area (Å²) in [6, 6.07) is 3.71. The van der Waals surface area contributed by atoms with E-state index in [9.17, 15) is 8.78 Å². The second-order valence-electron chi connectivity index (χ2n) is 3.98. The summed E-state index contributed by atoms with van der Waals surface area (Å²) in [5.41, 5.74) is 0.733. The van der Waals surface area contributed by atoms with Gasteiger partial charge in [-0.2, -0.15) is 0 Å². The van der Waals surface area contributed by atoms with E-state index >= 15 is 0 Å². The Balaban J connectivity index is 2.56. The Morgan fingerprint density at radius 1 is 1.20 bits per heavy atom. The molecule has 1 nitrogen and oxygen atoms in total. The van der Waals surface area contributed by atoms with Gasteiger partial charge in [-0.3, -0.25) is 0 Å². The average Bonchev–Trinajstić information content (AvgIpc) is 2.13. The van der Waals surface area contributed by atoms with E-state index < -0.39 is 11.6 Å². The maximum atomic E-state index is 12.9. The fourth-order valence-corrected chi connectivity index (χ4v) is 1.62. The summed E-state index contributed by atoms with van der Waals surface area (Å²) in [6.45, 7) is 3.01. The first-order chi connectivity index (χ1) is 7.11. The van der Waals surface area contributed by atoms with E-state index in [0.29, 0.717) is 5.92 Å². The number of halogens is 2. The molecule has 0 aliphatic carbocycles. The van der Waals surface area contributed by atoms with Crippen LogP contribution in [0.15, 0.2) is 18.2 Å². The van der Waals surface area contributed by atoms with E-state index in [4.69, 9.17) is 0 Å². The minimum absolute atomic E-state index is 0.429. The highest BCUT2D eigenvalue weighted by molar-refractivity contribution is 5.18. The van der Waals surface area contributed by atoms with Crippen molar-refractivity contribution in [1.82, 2.24) is 5.32 Å². The molecule has 15 heavy (non-hydrogen) atoms. The molecule has 0 aromatic heterocycles. The van der Waals surface area contributed by atoms with Gasteiger partial charge in [0.25, 0.3) is 0 Å². The Morgan fingerprint density at radius 3 is 2.33 bits per heavy atom. The third-order valence-electron chi connectivity index (χ3n) is 2.39. The molecule has 0 heterocycles. The molecule has 0 saturated heterocycles. The molecule has 84 valence electrons. The van der Waals surface area contributed by atoms with Crippen molar-refractivity contribution in [2.45, 2.75) is 19.8 Å². The lowest BCUT2D eigenvalue weighted by atomic mass is 9.98. The first-order valence-corrected chi connectivity index (χ1v) is 5.21. The van der Waals surface area contributed by atoms with E-state index in [1.165, 1.54) is 12.1 Å². The third-order valence-corrected chi connectivity index (χ3v) is 2.39. The molecule has 0 radical (unpaired) electrons. The molecule has 3 heteroatoms. The number of hydrogen-bond donors (Lipinski definition) is 1.